The Bertz CT molecular complexity index is 764. The fourth-order valence-corrected chi connectivity index (χ4v) is 3.34. The fraction of sp³-hybridized carbons (Fsp3) is 0.278. The molecular formula is C18H18BrN3O2. The number of carbonyl (C=O) groups is 2. The van der Waals surface area contributed by atoms with Gasteiger partial charge in [-0.2, -0.15) is 0 Å². The Hall–Kier alpha value is -2.21. The lowest BCUT2D eigenvalue weighted by atomic mass is 10.1. The minimum absolute atomic E-state index is 0.0154. The summed E-state index contributed by atoms with van der Waals surface area (Å²) in [6.45, 7) is 2.75. The summed E-state index contributed by atoms with van der Waals surface area (Å²) in [6.07, 6.45) is 1.93. The lowest BCUT2D eigenvalue weighted by Gasteiger charge is -2.19. The third kappa shape index (κ3) is 3.64. The van der Waals surface area contributed by atoms with Gasteiger partial charge in [0, 0.05) is 29.3 Å². The largest absolute Gasteiger partial charge is 0.350 e. The monoisotopic (exact) mass is 387 g/mol. The van der Waals surface area contributed by atoms with Gasteiger partial charge in [-0.05, 0) is 42.8 Å². The number of hydrogen-bond donors (Lipinski definition) is 1. The van der Waals surface area contributed by atoms with E-state index in [1.807, 2.05) is 43.3 Å². The van der Waals surface area contributed by atoms with Crippen LogP contribution in [0, 0.1) is 12.8 Å². The Morgan fingerprint density at radius 2 is 2.21 bits per heavy atom. The van der Waals surface area contributed by atoms with Crippen LogP contribution in [0.3, 0.4) is 0 Å². The number of nitrogens with zero attached hydrogens (tertiary/aromatic N) is 2. The summed E-state index contributed by atoms with van der Waals surface area (Å²) in [4.78, 5) is 30.6. The number of hydrogen-bond acceptors (Lipinski definition) is 3. The van der Waals surface area contributed by atoms with Gasteiger partial charge in [0.15, 0.2) is 0 Å². The molecule has 1 atom stereocenters. The molecule has 2 aromatic rings. The van der Waals surface area contributed by atoms with E-state index >= 15 is 0 Å². The van der Waals surface area contributed by atoms with E-state index in [1.54, 1.807) is 11.1 Å². The molecule has 1 aromatic heterocycles. The van der Waals surface area contributed by atoms with Crippen molar-refractivity contribution in [2.75, 3.05) is 11.4 Å². The average molecular weight is 388 g/mol. The fourth-order valence-electron chi connectivity index (χ4n) is 2.86. The van der Waals surface area contributed by atoms with Crippen LogP contribution in [0.4, 0.5) is 5.69 Å². The number of benzene rings is 1. The molecule has 0 saturated carbocycles. The second-order valence-electron chi connectivity index (χ2n) is 5.88. The zero-order chi connectivity index (χ0) is 17.1. The van der Waals surface area contributed by atoms with E-state index < -0.39 is 0 Å². The molecule has 1 N–H and O–H groups in total. The van der Waals surface area contributed by atoms with Crippen LogP contribution in [0.5, 0.6) is 0 Å². The molecule has 0 aliphatic carbocycles. The number of aromatic nitrogens is 1. The van der Waals surface area contributed by atoms with Crippen LogP contribution in [0.2, 0.25) is 0 Å². The molecule has 24 heavy (non-hydrogen) atoms. The first-order valence-electron chi connectivity index (χ1n) is 7.79. The lowest BCUT2D eigenvalue weighted by Crippen LogP contribution is -2.33. The summed E-state index contributed by atoms with van der Waals surface area (Å²) in [6, 6.07) is 11.4. The van der Waals surface area contributed by atoms with E-state index in [-0.39, 0.29) is 24.2 Å². The summed E-state index contributed by atoms with van der Waals surface area (Å²) in [5.74, 6) is -0.450. The number of aryl methyl sites for hydroxylation is 1. The van der Waals surface area contributed by atoms with Crippen molar-refractivity contribution >= 4 is 33.4 Å². The van der Waals surface area contributed by atoms with Crippen molar-refractivity contribution in [3.05, 3.63) is 58.3 Å². The van der Waals surface area contributed by atoms with E-state index in [2.05, 4.69) is 26.2 Å². The maximum absolute atomic E-state index is 12.4. The molecule has 5 nitrogen and oxygen atoms in total. The van der Waals surface area contributed by atoms with Crippen LogP contribution in [-0.2, 0) is 16.1 Å². The first kappa shape index (κ1) is 16.6. The second-order valence-corrected chi connectivity index (χ2v) is 6.79. The lowest BCUT2D eigenvalue weighted by molar-refractivity contribution is -0.126. The first-order valence-corrected chi connectivity index (χ1v) is 8.58. The third-order valence-corrected chi connectivity index (χ3v) is 4.61. The van der Waals surface area contributed by atoms with Crippen molar-refractivity contribution in [2.45, 2.75) is 19.9 Å². The van der Waals surface area contributed by atoms with Gasteiger partial charge in [0.25, 0.3) is 0 Å². The van der Waals surface area contributed by atoms with Gasteiger partial charge in [0.2, 0.25) is 11.8 Å². The first-order chi connectivity index (χ1) is 11.5. The third-order valence-electron chi connectivity index (χ3n) is 4.12. The van der Waals surface area contributed by atoms with Crippen LogP contribution in [-0.4, -0.2) is 23.3 Å². The zero-order valence-corrected chi connectivity index (χ0v) is 14.9. The molecule has 1 saturated heterocycles. The highest BCUT2D eigenvalue weighted by Crippen LogP contribution is 2.29. The van der Waals surface area contributed by atoms with E-state index in [9.17, 15) is 9.59 Å². The van der Waals surface area contributed by atoms with Crippen molar-refractivity contribution in [3.63, 3.8) is 0 Å². The van der Waals surface area contributed by atoms with E-state index in [4.69, 9.17) is 0 Å². The maximum atomic E-state index is 12.4. The molecule has 0 bridgehead atoms. The minimum atomic E-state index is -0.329. The highest BCUT2D eigenvalue weighted by atomic mass is 79.9. The summed E-state index contributed by atoms with van der Waals surface area (Å²) < 4.78 is 0.972. The van der Waals surface area contributed by atoms with Crippen molar-refractivity contribution in [1.29, 1.82) is 0 Å². The van der Waals surface area contributed by atoms with Crippen LogP contribution < -0.4 is 10.2 Å². The smallest absolute Gasteiger partial charge is 0.227 e. The van der Waals surface area contributed by atoms with Gasteiger partial charge in [-0.25, -0.2) is 0 Å². The highest BCUT2D eigenvalue weighted by Gasteiger charge is 2.35. The molecule has 2 heterocycles. The van der Waals surface area contributed by atoms with E-state index in [1.165, 1.54) is 0 Å². The SMILES string of the molecule is Cc1cc(Br)ccc1N1CC(C(=O)NCc2ccccn2)CC1=O. The summed E-state index contributed by atoms with van der Waals surface area (Å²) in [5.41, 5.74) is 2.67. The Labute approximate surface area is 149 Å². The Morgan fingerprint density at radius 3 is 2.92 bits per heavy atom. The maximum Gasteiger partial charge on any atom is 0.227 e. The molecule has 2 amide bonds. The number of carbonyl (C=O) groups excluding carboxylic acids is 2. The van der Waals surface area contributed by atoms with Crippen LogP contribution >= 0.6 is 15.9 Å². The van der Waals surface area contributed by atoms with Crippen molar-refractivity contribution in [2.24, 2.45) is 5.92 Å². The molecule has 1 aliphatic rings. The standard InChI is InChI=1S/C18H18BrN3O2/c1-12-8-14(19)5-6-16(12)22-11-13(9-17(22)23)18(24)21-10-15-4-2-3-7-20-15/h2-8,13H,9-11H2,1H3,(H,21,24). The normalized spacial score (nSPS) is 17.2. The van der Waals surface area contributed by atoms with Crippen LogP contribution in [0.25, 0.3) is 0 Å². The van der Waals surface area contributed by atoms with Crippen LogP contribution in [0.1, 0.15) is 17.7 Å². The van der Waals surface area contributed by atoms with Gasteiger partial charge in [0.1, 0.15) is 0 Å². The van der Waals surface area contributed by atoms with Crippen molar-refractivity contribution in [3.8, 4) is 0 Å². The van der Waals surface area contributed by atoms with Gasteiger partial charge in [0.05, 0.1) is 18.2 Å². The van der Waals surface area contributed by atoms with Gasteiger partial charge in [-0.3, -0.25) is 14.6 Å². The van der Waals surface area contributed by atoms with E-state index in [0.29, 0.717) is 13.1 Å². The van der Waals surface area contributed by atoms with E-state index in [0.717, 1.165) is 21.4 Å². The molecule has 3 rings (SSSR count). The number of anilines is 1. The molecule has 1 aromatic carbocycles. The van der Waals surface area contributed by atoms with Gasteiger partial charge in [-0.15, -0.1) is 0 Å². The quantitative estimate of drug-likeness (QED) is 0.876. The van der Waals surface area contributed by atoms with Crippen molar-refractivity contribution in [1.82, 2.24) is 10.3 Å². The molecule has 1 unspecified atom stereocenters. The highest BCUT2D eigenvalue weighted by molar-refractivity contribution is 9.10. The molecule has 124 valence electrons. The number of nitrogens with one attached hydrogen (secondary N) is 1. The van der Waals surface area contributed by atoms with Gasteiger partial charge in [-0.1, -0.05) is 22.0 Å². The number of amides is 2. The van der Waals surface area contributed by atoms with Gasteiger partial charge < -0.3 is 10.2 Å². The predicted octanol–water partition coefficient (Wildman–Crippen LogP) is 2.82. The molecule has 1 fully saturated rings. The Balaban J connectivity index is 1.64. The molecule has 0 spiro atoms. The predicted molar refractivity (Wildman–Crippen MR) is 95.4 cm³/mol. The molecular weight excluding hydrogens is 370 g/mol. The summed E-state index contributed by atoms with van der Waals surface area (Å²) >= 11 is 3.42. The van der Waals surface area contributed by atoms with Gasteiger partial charge >= 0.3 is 0 Å². The summed E-state index contributed by atoms with van der Waals surface area (Å²) in [7, 11) is 0. The van der Waals surface area contributed by atoms with Crippen molar-refractivity contribution < 1.29 is 9.59 Å². The average Bonchev–Trinajstić information content (AvgIpc) is 2.95. The minimum Gasteiger partial charge on any atom is -0.350 e. The number of rotatable bonds is 4. The molecule has 1 aliphatic heterocycles. The Kier molecular flexibility index (Phi) is 4.94. The zero-order valence-electron chi connectivity index (χ0n) is 13.3. The van der Waals surface area contributed by atoms with Crippen LogP contribution in [0.15, 0.2) is 47.1 Å². The Morgan fingerprint density at radius 1 is 1.38 bits per heavy atom. The number of halogens is 1. The topological polar surface area (TPSA) is 62.3 Å². The molecule has 0 radical (unpaired) electrons. The molecule has 6 heteroatoms. The second kappa shape index (κ2) is 7.13. The number of pyridine rings is 1. The summed E-state index contributed by atoms with van der Waals surface area (Å²) in [5, 5.41) is 2.87.